The van der Waals surface area contributed by atoms with Crippen molar-refractivity contribution in [3.8, 4) is 0 Å². The third kappa shape index (κ3) is 6.81. The predicted molar refractivity (Wildman–Crippen MR) is 156 cm³/mol. The first-order valence-corrected chi connectivity index (χ1v) is 13.2. The van der Waals surface area contributed by atoms with Gasteiger partial charge in [0.1, 0.15) is 11.4 Å². The number of fused-ring (bicyclic) bond motifs is 1. The van der Waals surface area contributed by atoms with E-state index < -0.39 is 0 Å². The van der Waals surface area contributed by atoms with Gasteiger partial charge in [-0.3, -0.25) is 9.78 Å². The lowest BCUT2D eigenvalue weighted by molar-refractivity contribution is 0.0943. The van der Waals surface area contributed by atoms with Gasteiger partial charge in [0, 0.05) is 69.5 Å². The van der Waals surface area contributed by atoms with Crippen molar-refractivity contribution in [2.24, 2.45) is 0 Å². The number of pyridine rings is 1. The fraction of sp³-hybridized carbons (Fsp3) is 0.414. The molecule has 0 aliphatic carbocycles. The number of benzene rings is 1. The zero-order valence-corrected chi connectivity index (χ0v) is 23.8. The van der Waals surface area contributed by atoms with Gasteiger partial charge in [0.2, 0.25) is 5.95 Å². The molecule has 1 aromatic carbocycles. The maximum Gasteiger partial charge on any atom is 0.319 e. The summed E-state index contributed by atoms with van der Waals surface area (Å²) in [5, 5.41) is 9.51. The lowest BCUT2D eigenvalue weighted by atomic mass is 9.91. The number of urea groups is 1. The van der Waals surface area contributed by atoms with Gasteiger partial charge >= 0.3 is 6.03 Å². The maximum atomic E-state index is 12.9. The molecule has 2 aromatic heterocycles. The second kappa shape index (κ2) is 11.3. The number of carbonyl (C=O) groups is 2. The minimum Gasteiger partial charge on any atom is -0.350 e. The van der Waals surface area contributed by atoms with Crippen LogP contribution in [0.1, 0.15) is 63.2 Å². The van der Waals surface area contributed by atoms with Crippen LogP contribution in [0.2, 0.25) is 0 Å². The van der Waals surface area contributed by atoms with E-state index in [0.717, 1.165) is 29.1 Å². The Kier molecular flexibility index (Phi) is 8.03. The summed E-state index contributed by atoms with van der Waals surface area (Å²) in [5.41, 5.74) is 5.07. The quantitative estimate of drug-likeness (QED) is 0.405. The van der Waals surface area contributed by atoms with E-state index in [4.69, 9.17) is 0 Å². The highest BCUT2D eigenvalue weighted by Gasteiger charge is 2.23. The average molecular weight is 533 g/mol. The molecular weight excluding hydrogens is 492 g/mol. The van der Waals surface area contributed by atoms with Crippen LogP contribution in [0.25, 0.3) is 0 Å². The SMILES string of the molecule is CC(C)NC(=O)c1cnc(Nc2ccc3c(c2)CCN(C(=O)N(C)C)C3)nc1Nc1ccnc(C(C)(C)C)c1.[HH]. The van der Waals surface area contributed by atoms with Crippen LogP contribution in [0, 0.1) is 0 Å². The molecule has 0 unspecified atom stereocenters. The van der Waals surface area contributed by atoms with Crippen LogP contribution in [0.4, 0.5) is 27.9 Å². The van der Waals surface area contributed by atoms with Crippen molar-refractivity contribution in [2.75, 3.05) is 31.3 Å². The highest BCUT2D eigenvalue weighted by Crippen LogP contribution is 2.27. The van der Waals surface area contributed by atoms with Gasteiger partial charge in [-0.05, 0) is 55.7 Å². The molecule has 3 N–H and O–H groups in total. The normalized spacial score (nSPS) is 13.1. The lowest BCUT2D eigenvalue weighted by Crippen LogP contribution is -2.42. The Balaban J connectivity index is 0.00000441. The highest BCUT2D eigenvalue weighted by molar-refractivity contribution is 5.99. The number of aromatic nitrogens is 3. The van der Waals surface area contributed by atoms with Crippen LogP contribution in [-0.2, 0) is 18.4 Å². The molecule has 0 radical (unpaired) electrons. The van der Waals surface area contributed by atoms with E-state index in [-0.39, 0.29) is 24.8 Å². The Morgan fingerprint density at radius 2 is 1.77 bits per heavy atom. The predicted octanol–water partition coefficient (Wildman–Crippen LogP) is 5.08. The molecule has 10 heteroatoms. The van der Waals surface area contributed by atoms with E-state index >= 15 is 0 Å². The molecular formula is C29H40N8O2. The van der Waals surface area contributed by atoms with E-state index in [1.54, 1.807) is 25.2 Å². The van der Waals surface area contributed by atoms with Crippen molar-refractivity contribution in [1.82, 2.24) is 30.1 Å². The van der Waals surface area contributed by atoms with Crippen molar-refractivity contribution < 1.29 is 11.0 Å². The van der Waals surface area contributed by atoms with Crippen LogP contribution in [0.3, 0.4) is 0 Å². The molecule has 0 saturated carbocycles. The Morgan fingerprint density at radius 1 is 1.03 bits per heavy atom. The summed E-state index contributed by atoms with van der Waals surface area (Å²) >= 11 is 0. The molecule has 3 aromatic rings. The molecule has 1 aliphatic rings. The number of anilines is 4. The van der Waals surface area contributed by atoms with Crippen molar-refractivity contribution in [2.45, 2.75) is 59.0 Å². The minimum atomic E-state index is -0.255. The van der Waals surface area contributed by atoms with Crippen molar-refractivity contribution in [3.05, 3.63) is 65.1 Å². The van der Waals surface area contributed by atoms with Gasteiger partial charge in [-0.1, -0.05) is 26.8 Å². The summed E-state index contributed by atoms with van der Waals surface area (Å²) in [6.45, 7) is 11.4. The fourth-order valence-corrected chi connectivity index (χ4v) is 4.30. The molecule has 1 aliphatic heterocycles. The molecule has 0 fully saturated rings. The number of carbonyl (C=O) groups excluding carboxylic acids is 2. The molecule has 3 amide bonds. The summed E-state index contributed by atoms with van der Waals surface area (Å²) in [7, 11) is 3.54. The van der Waals surface area contributed by atoms with E-state index in [9.17, 15) is 9.59 Å². The van der Waals surface area contributed by atoms with Gasteiger partial charge in [-0.25, -0.2) is 9.78 Å². The van der Waals surface area contributed by atoms with Crippen LogP contribution >= 0.6 is 0 Å². The van der Waals surface area contributed by atoms with Gasteiger partial charge in [-0.2, -0.15) is 4.98 Å². The van der Waals surface area contributed by atoms with Crippen LogP contribution in [0.15, 0.2) is 42.7 Å². The summed E-state index contributed by atoms with van der Waals surface area (Å²) in [5.74, 6) is 0.506. The number of amides is 3. The van der Waals surface area contributed by atoms with Crippen molar-refractivity contribution in [3.63, 3.8) is 0 Å². The number of nitrogens with zero attached hydrogens (tertiary/aromatic N) is 5. The first-order chi connectivity index (χ1) is 18.4. The van der Waals surface area contributed by atoms with Crippen LogP contribution in [-0.4, -0.2) is 63.4 Å². The molecule has 39 heavy (non-hydrogen) atoms. The average Bonchev–Trinajstić information content (AvgIpc) is 2.87. The van der Waals surface area contributed by atoms with Gasteiger partial charge < -0.3 is 25.8 Å². The van der Waals surface area contributed by atoms with Crippen LogP contribution in [0.5, 0.6) is 0 Å². The smallest absolute Gasteiger partial charge is 0.319 e. The molecule has 0 saturated heterocycles. The molecule has 0 atom stereocenters. The third-order valence-electron chi connectivity index (χ3n) is 6.37. The largest absolute Gasteiger partial charge is 0.350 e. The molecule has 3 heterocycles. The molecule has 0 spiro atoms. The topological polar surface area (TPSA) is 115 Å². The molecule has 4 rings (SSSR count). The van der Waals surface area contributed by atoms with Gasteiger partial charge in [0.05, 0.1) is 0 Å². The molecule has 10 nitrogen and oxygen atoms in total. The first kappa shape index (κ1) is 27.8. The monoisotopic (exact) mass is 532 g/mol. The Labute approximate surface area is 231 Å². The second-order valence-electron chi connectivity index (χ2n) is 11.3. The molecule has 208 valence electrons. The van der Waals surface area contributed by atoms with Crippen molar-refractivity contribution >= 4 is 35.1 Å². The van der Waals surface area contributed by atoms with Gasteiger partial charge in [0.15, 0.2) is 0 Å². The van der Waals surface area contributed by atoms with E-state index in [1.807, 2.05) is 43.0 Å². The standard InChI is InChI=1S/C29H38N8O2.H2/c1-18(2)32-26(38)23-16-31-27(35-25(23)33-22-10-12-30-24(15-22)29(3,4)5)34-21-9-8-20-17-37(28(39)36(6)7)13-11-19(20)14-21;/h8-10,12,14-16,18H,11,13,17H2,1-7H3,(H,32,38)(H2,30,31,33,34,35);1H. The lowest BCUT2D eigenvalue weighted by Gasteiger charge is -2.31. The first-order valence-electron chi connectivity index (χ1n) is 13.2. The third-order valence-corrected chi connectivity index (χ3v) is 6.37. The Bertz CT molecular complexity index is 1370. The fourth-order valence-electron chi connectivity index (χ4n) is 4.30. The summed E-state index contributed by atoms with van der Waals surface area (Å²) in [4.78, 5) is 42.4. The van der Waals surface area contributed by atoms with E-state index in [0.29, 0.717) is 30.4 Å². The summed E-state index contributed by atoms with van der Waals surface area (Å²) < 4.78 is 0. The Hall–Kier alpha value is -4.21. The summed E-state index contributed by atoms with van der Waals surface area (Å²) in [6.07, 6.45) is 4.05. The number of nitrogens with one attached hydrogen (secondary N) is 3. The van der Waals surface area contributed by atoms with Gasteiger partial charge in [-0.15, -0.1) is 0 Å². The minimum absolute atomic E-state index is 0. The summed E-state index contributed by atoms with van der Waals surface area (Å²) in [6, 6.07) is 9.85. The second-order valence-corrected chi connectivity index (χ2v) is 11.3. The molecule has 0 bridgehead atoms. The number of rotatable bonds is 6. The number of hydrogen-bond donors (Lipinski definition) is 3. The van der Waals surface area contributed by atoms with E-state index in [1.165, 1.54) is 11.8 Å². The van der Waals surface area contributed by atoms with Gasteiger partial charge in [0.25, 0.3) is 5.91 Å². The van der Waals surface area contributed by atoms with Crippen molar-refractivity contribution in [1.29, 1.82) is 0 Å². The zero-order chi connectivity index (χ0) is 28.3. The van der Waals surface area contributed by atoms with E-state index in [2.05, 4.69) is 57.7 Å². The maximum absolute atomic E-state index is 12.9. The number of hydrogen-bond acceptors (Lipinski definition) is 7. The van der Waals surface area contributed by atoms with Crippen LogP contribution < -0.4 is 16.0 Å². The Morgan fingerprint density at radius 3 is 2.46 bits per heavy atom. The zero-order valence-electron chi connectivity index (χ0n) is 23.8. The highest BCUT2D eigenvalue weighted by atomic mass is 16.2.